The summed E-state index contributed by atoms with van der Waals surface area (Å²) < 4.78 is 6.07. The van der Waals surface area contributed by atoms with Crippen molar-refractivity contribution in [3.8, 4) is 5.75 Å². The van der Waals surface area contributed by atoms with Crippen LogP contribution in [0.3, 0.4) is 0 Å². The summed E-state index contributed by atoms with van der Waals surface area (Å²) in [5.74, 6) is 0.247. The minimum atomic E-state index is -0.727. The van der Waals surface area contributed by atoms with Crippen LogP contribution in [0.5, 0.6) is 5.75 Å². The molecule has 0 bridgehead atoms. The van der Waals surface area contributed by atoms with Crippen LogP contribution < -0.4 is 4.74 Å². The van der Waals surface area contributed by atoms with Crippen LogP contribution in [0.4, 0.5) is 0 Å². The maximum Gasteiger partial charge on any atom is 0.303 e. The van der Waals surface area contributed by atoms with E-state index in [2.05, 4.69) is 13.0 Å². The number of carboxylic acids is 1. The number of rotatable bonds is 8. The molecule has 0 radical (unpaired) electrons. The quantitative estimate of drug-likeness (QED) is 0.532. The molecule has 0 amide bonds. The van der Waals surface area contributed by atoms with Crippen LogP contribution in [0.2, 0.25) is 0 Å². The van der Waals surface area contributed by atoms with Crippen LogP contribution in [0.25, 0.3) is 0 Å². The summed E-state index contributed by atoms with van der Waals surface area (Å²) in [6.07, 6.45) is 15.3. The first-order chi connectivity index (χ1) is 13.1. The Hall–Kier alpha value is -1.77. The van der Waals surface area contributed by atoms with Gasteiger partial charge in [-0.25, -0.2) is 0 Å². The fourth-order valence-electron chi connectivity index (χ4n) is 4.97. The monoisotopic (exact) mass is 370 g/mol. The van der Waals surface area contributed by atoms with Crippen LogP contribution in [-0.2, 0) is 4.79 Å². The molecular weight excluding hydrogens is 336 g/mol. The topological polar surface area (TPSA) is 46.5 Å². The third kappa shape index (κ3) is 5.60. The van der Waals surface area contributed by atoms with Crippen molar-refractivity contribution in [3.05, 3.63) is 41.5 Å². The summed E-state index contributed by atoms with van der Waals surface area (Å²) in [5.41, 5.74) is 3.02. The van der Waals surface area contributed by atoms with Gasteiger partial charge in [-0.15, -0.1) is 0 Å². The Morgan fingerprint density at radius 1 is 1.11 bits per heavy atom. The molecule has 1 N–H and O–H groups in total. The molecule has 0 heterocycles. The van der Waals surface area contributed by atoms with Crippen molar-refractivity contribution < 1.29 is 14.6 Å². The highest BCUT2D eigenvalue weighted by atomic mass is 16.5. The first kappa shape index (κ1) is 20.0. The van der Waals surface area contributed by atoms with Crippen molar-refractivity contribution in [1.29, 1.82) is 0 Å². The molecule has 1 aromatic rings. The average Bonchev–Trinajstić information content (AvgIpc) is 2.67. The van der Waals surface area contributed by atoms with Gasteiger partial charge in [-0.2, -0.15) is 0 Å². The Kier molecular flexibility index (Phi) is 6.98. The number of allylic oxidation sites excluding steroid dienone is 1. The van der Waals surface area contributed by atoms with Crippen molar-refractivity contribution in [2.45, 2.75) is 83.5 Å². The lowest BCUT2D eigenvalue weighted by molar-refractivity contribution is -0.137. The van der Waals surface area contributed by atoms with E-state index in [-0.39, 0.29) is 12.3 Å². The van der Waals surface area contributed by atoms with Crippen LogP contribution in [0.1, 0.15) is 89.0 Å². The van der Waals surface area contributed by atoms with E-state index in [1.807, 2.05) is 24.3 Å². The second-order valence-electron chi connectivity index (χ2n) is 8.52. The zero-order chi connectivity index (χ0) is 19.1. The number of hydrogen-bond donors (Lipinski definition) is 1. The third-order valence-electron chi connectivity index (χ3n) is 6.37. The van der Waals surface area contributed by atoms with Gasteiger partial charge in [-0.3, -0.25) is 4.79 Å². The second-order valence-corrected chi connectivity index (χ2v) is 8.52. The maximum absolute atomic E-state index is 11.1. The van der Waals surface area contributed by atoms with Crippen LogP contribution in [-0.4, -0.2) is 17.7 Å². The van der Waals surface area contributed by atoms with Crippen molar-refractivity contribution >= 4 is 5.97 Å². The van der Waals surface area contributed by atoms with Gasteiger partial charge >= 0.3 is 5.97 Å². The van der Waals surface area contributed by atoms with E-state index in [0.717, 1.165) is 30.6 Å². The summed E-state index contributed by atoms with van der Waals surface area (Å²) in [5, 5.41) is 9.13. The Morgan fingerprint density at radius 2 is 1.81 bits per heavy atom. The number of carbonyl (C=O) groups is 1. The smallest absolute Gasteiger partial charge is 0.303 e. The Bertz CT molecular complexity index is 638. The van der Waals surface area contributed by atoms with Crippen molar-refractivity contribution in [2.75, 3.05) is 6.61 Å². The third-order valence-corrected chi connectivity index (χ3v) is 6.37. The largest absolute Gasteiger partial charge is 0.489 e. The molecule has 2 aliphatic carbocycles. The van der Waals surface area contributed by atoms with Gasteiger partial charge in [0.1, 0.15) is 12.4 Å². The average molecular weight is 371 g/mol. The Labute approximate surface area is 163 Å². The fraction of sp³-hybridized carbons (Fsp3) is 0.625. The summed E-state index contributed by atoms with van der Waals surface area (Å²) in [6.45, 7) is 2.79. The number of benzene rings is 1. The van der Waals surface area contributed by atoms with Crippen molar-refractivity contribution in [2.24, 2.45) is 5.41 Å². The van der Waals surface area contributed by atoms with E-state index in [0.29, 0.717) is 12.0 Å². The molecule has 3 rings (SSSR count). The predicted molar refractivity (Wildman–Crippen MR) is 109 cm³/mol. The predicted octanol–water partition coefficient (Wildman–Crippen LogP) is 6.48. The van der Waals surface area contributed by atoms with Crippen molar-refractivity contribution in [3.63, 3.8) is 0 Å². The molecule has 148 valence electrons. The minimum absolute atomic E-state index is 0.0914. The Morgan fingerprint density at radius 3 is 2.48 bits per heavy atom. The molecule has 1 aromatic carbocycles. The van der Waals surface area contributed by atoms with Gasteiger partial charge in [0.15, 0.2) is 0 Å². The van der Waals surface area contributed by atoms with Gasteiger partial charge < -0.3 is 9.84 Å². The fourth-order valence-corrected chi connectivity index (χ4v) is 4.97. The van der Waals surface area contributed by atoms with E-state index >= 15 is 0 Å². The SMILES string of the molecule is CCCC(CC(=O)O)c1ccc(OCC2=CC3(CCCCC3)CCC2)cc1. The van der Waals surface area contributed by atoms with Gasteiger partial charge in [0.2, 0.25) is 0 Å². The maximum atomic E-state index is 11.1. The van der Waals surface area contributed by atoms with Crippen molar-refractivity contribution in [1.82, 2.24) is 0 Å². The highest BCUT2D eigenvalue weighted by Crippen LogP contribution is 2.45. The minimum Gasteiger partial charge on any atom is -0.489 e. The summed E-state index contributed by atoms with van der Waals surface area (Å²) in [7, 11) is 0. The van der Waals surface area contributed by atoms with Gasteiger partial charge in [0.25, 0.3) is 0 Å². The number of aliphatic carboxylic acids is 1. The van der Waals surface area contributed by atoms with Crippen LogP contribution >= 0.6 is 0 Å². The molecule has 1 saturated carbocycles. The van der Waals surface area contributed by atoms with E-state index in [1.165, 1.54) is 50.5 Å². The molecule has 1 atom stereocenters. The summed E-state index contributed by atoms with van der Waals surface area (Å²) in [4.78, 5) is 11.1. The molecule has 1 fully saturated rings. The van der Waals surface area contributed by atoms with E-state index in [1.54, 1.807) is 0 Å². The van der Waals surface area contributed by atoms with E-state index in [4.69, 9.17) is 9.84 Å². The summed E-state index contributed by atoms with van der Waals surface area (Å²) >= 11 is 0. The van der Waals surface area contributed by atoms with Gasteiger partial charge in [0, 0.05) is 0 Å². The normalized spacial score (nSPS) is 20.1. The lowest BCUT2D eigenvalue weighted by atomic mass is 9.67. The molecule has 1 spiro atoms. The molecule has 3 nitrogen and oxygen atoms in total. The number of hydrogen-bond acceptors (Lipinski definition) is 2. The molecular formula is C24H34O3. The zero-order valence-electron chi connectivity index (χ0n) is 16.7. The first-order valence-electron chi connectivity index (χ1n) is 10.8. The molecule has 0 aliphatic heterocycles. The van der Waals surface area contributed by atoms with Gasteiger partial charge in [-0.05, 0) is 73.1 Å². The highest BCUT2D eigenvalue weighted by Gasteiger charge is 2.32. The van der Waals surface area contributed by atoms with Crippen LogP contribution in [0, 0.1) is 5.41 Å². The lowest BCUT2D eigenvalue weighted by Crippen LogP contribution is -2.25. The standard InChI is InChI=1S/C24H34O3/c1-2-7-21(16-23(25)26)20-9-11-22(12-10-20)27-18-19-8-6-15-24(17-19)13-4-3-5-14-24/h9-12,17,21H,2-8,13-16,18H2,1H3,(H,25,26). The number of carboxylic acid groups (broad SMARTS) is 1. The molecule has 27 heavy (non-hydrogen) atoms. The molecule has 0 saturated heterocycles. The zero-order valence-corrected chi connectivity index (χ0v) is 16.7. The highest BCUT2D eigenvalue weighted by molar-refractivity contribution is 5.68. The lowest BCUT2D eigenvalue weighted by Gasteiger charge is -2.38. The van der Waals surface area contributed by atoms with Gasteiger partial charge in [0.05, 0.1) is 6.42 Å². The number of ether oxygens (including phenoxy) is 1. The Balaban J connectivity index is 1.59. The second kappa shape index (κ2) is 9.43. The summed E-state index contributed by atoms with van der Waals surface area (Å²) in [6, 6.07) is 8.08. The molecule has 0 aromatic heterocycles. The van der Waals surface area contributed by atoms with Gasteiger partial charge in [-0.1, -0.05) is 50.8 Å². The van der Waals surface area contributed by atoms with Crippen LogP contribution in [0.15, 0.2) is 35.9 Å². The molecule has 3 heteroatoms. The molecule has 1 unspecified atom stereocenters. The van der Waals surface area contributed by atoms with E-state index < -0.39 is 5.97 Å². The van der Waals surface area contributed by atoms with E-state index in [9.17, 15) is 4.79 Å². The molecule has 2 aliphatic rings. The first-order valence-corrected chi connectivity index (χ1v) is 10.8.